The van der Waals surface area contributed by atoms with E-state index < -0.39 is 5.97 Å². The van der Waals surface area contributed by atoms with Gasteiger partial charge in [0.1, 0.15) is 5.82 Å². The molecule has 1 N–H and O–H groups in total. The normalized spacial score (nSPS) is 10.6. The smallest absolute Gasteiger partial charge is 0.340 e. The zero-order chi connectivity index (χ0) is 17.0. The van der Waals surface area contributed by atoms with Gasteiger partial charge in [-0.2, -0.15) is 0 Å². The van der Waals surface area contributed by atoms with Crippen LogP contribution in [0.25, 0.3) is 0 Å². The maximum absolute atomic E-state index is 13.6. The Hall–Kier alpha value is -2.08. The molecule has 1 aromatic heterocycles. The van der Waals surface area contributed by atoms with E-state index in [1.165, 1.54) is 6.07 Å². The van der Waals surface area contributed by atoms with E-state index in [1.54, 1.807) is 39.0 Å². The number of hydrogen-bond acceptors (Lipinski definition) is 4. The molecule has 0 saturated heterocycles. The molecule has 0 aliphatic rings. The SMILES string of the molecule is CCOC(=O)c1c(C)[nH]c(C(=O)CSc2ccccc2F)c1C. The van der Waals surface area contributed by atoms with Crippen molar-refractivity contribution in [2.24, 2.45) is 0 Å². The van der Waals surface area contributed by atoms with Gasteiger partial charge in [0.05, 0.1) is 23.6 Å². The predicted molar refractivity (Wildman–Crippen MR) is 87.7 cm³/mol. The summed E-state index contributed by atoms with van der Waals surface area (Å²) in [5, 5.41) is 0. The van der Waals surface area contributed by atoms with E-state index >= 15 is 0 Å². The highest BCUT2D eigenvalue weighted by atomic mass is 32.2. The maximum atomic E-state index is 13.6. The molecule has 0 bridgehead atoms. The molecule has 2 aromatic rings. The van der Waals surface area contributed by atoms with Gasteiger partial charge in [0.2, 0.25) is 0 Å². The van der Waals surface area contributed by atoms with Crippen molar-refractivity contribution in [3.05, 3.63) is 52.6 Å². The van der Waals surface area contributed by atoms with E-state index in [0.717, 1.165) is 11.8 Å². The van der Waals surface area contributed by atoms with Crippen LogP contribution in [0.1, 0.15) is 39.0 Å². The number of ketones is 1. The zero-order valence-electron chi connectivity index (χ0n) is 13.2. The van der Waals surface area contributed by atoms with Crippen molar-refractivity contribution in [3.8, 4) is 0 Å². The van der Waals surface area contributed by atoms with E-state index in [1.807, 2.05) is 0 Å². The van der Waals surface area contributed by atoms with Crippen LogP contribution in [0.15, 0.2) is 29.2 Å². The van der Waals surface area contributed by atoms with Gasteiger partial charge in [-0.05, 0) is 38.5 Å². The van der Waals surface area contributed by atoms with E-state index in [9.17, 15) is 14.0 Å². The lowest BCUT2D eigenvalue weighted by molar-refractivity contribution is 0.0525. The van der Waals surface area contributed by atoms with Crippen molar-refractivity contribution in [1.29, 1.82) is 0 Å². The topological polar surface area (TPSA) is 59.2 Å². The largest absolute Gasteiger partial charge is 0.462 e. The Morgan fingerprint density at radius 2 is 1.96 bits per heavy atom. The van der Waals surface area contributed by atoms with Crippen LogP contribution < -0.4 is 0 Å². The lowest BCUT2D eigenvalue weighted by Gasteiger charge is -2.04. The third-order valence-electron chi connectivity index (χ3n) is 3.39. The summed E-state index contributed by atoms with van der Waals surface area (Å²) in [5.74, 6) is -0.893. The number of Topliss-reactive ketones (excluding diaryl/α,β-unsaturated/α-hetero) is 1. The molecule has 122 valence electrons. The average molecular weight is 335 g/mol. The molecule has 6 heteroatoms. The molecule has 1 aromatic carbocycles. The number of halogens is 1. The number of esters is 1. The second-order valence-electron chi connectivity index (χ2n) is 4.99. The fourth-order valence-electron chi connectivity index (χ4n) is 2.32. The van der Waals surface area contributed by atoms with Crippen molar-refractivity contribution in [1.82, 2.24) is 4.98 Å². The molecule has 0 aliphatic heterocycles. The van der Waals surface area contributed by atoms with Crippen LogP contribution in [0.4, 0.5) is 4.39 Å². The molecular weight excluding hydrogens is 317 g/mol. The van der Waals surface area contributed by atoms with E-state index in [0.29, 0.717) is 27.4 Å². The Morgan fingerprint density at radius 1 is 1.26 bits per heavy atom. The number of thioether (sulfide) groups is 1. The first-order valence-electron chi connectivity index (χ1n) is 7.22. The monoisotopic (exact) mass is 335 g/mol. The molecule has 0 radical (unpaired) electrons. The van der Waals surface area contributed by atoms with Crippen molar-refractivity contribution in [2.45, 2.75) is 25.7 Å². The number of carbonyl (C=O) groups is 2. The van der Waals surface area contributed by atoms with Crippen molar-refractivity contribution in [2.75, 3.05) is 12.4 Å². The van der Waals surface area contributed by atoms with Crippen LogP contribution in [-0.4, -0.2) is 29.1 Å². The summed E-state index contributed by atoms with van der Waals surface area (Å²) in [6.45, 7) is 5.43. The highest BCUT2D eigenvalue weighted by Gasteiger charge is 2.22. The highest BCUT2D eigenvalue weighted by molar-refractivity contribution is 8.00. The van der Waals surface area contributed by atoms with Crippen LogP contribution in [0.2, 0.25) is 0 Å². The van der Waals surface area contributed by atoms with Gasteiger partial charge in [0, 0.05) is 10.6 Å². The number of aryl methyl sites for hydroxylation is 1. The first kappa shape index (κ1) is 17.3. The van der Waals surface area contributed by atoms with Gasteiger partial charge < -0.3 is 9.72 Å². The minimum absolute atomic E-state index is 0.0873. The van der Waals surface area contributed by atoms with Gasteiger partial charge in [-0.3, -0.25) is 4.79 Å². The third kappa shape index (κ3) is 3.82. The fourth-order valence-corrected chi connectivity index (χ4v) is 3.13. The summed E-state index contributed by atoms with van der Waals surface area (Å²) in [6, 6.07) is 6.31. The summed E-state index contributed by atoms with van der Waals surface area (Å²) in [4.78, 5) is 27.7. The highest BCUT2D eigenvalue weighted by Crippen LogP contribution is 2.24. The fraction of sp³-hybridized carbons (Fsp3) is 0.294. The van der Waals surface area contributed by atoms with Crippen molar-refractivity contribution in [3.63, 3.8) is 0 Å². The zero-order valence-corrected chi connectivity index (χ0v) is 14.1. The molecule has 1 heterocycles. The summed E-state index contributed by atoms with van der Waals surface area (Å²) < 4.78 is 18.6. The average Bonchev–Trinajstić information content (AvgIpc) is 2.81. The Bertz CT molecular complexity index is 739. The summed E-state index contributed by atoms with van der Waals surface area (Å²) in [7, 11) is 0. The molecule has 0 amide bonds. The van der Waals surface area contributed by atoms with Gasteiger partial charge in [-0.15, -0.1) is 11.8 Å². The molecule has 0 atom stereocenters. The molecule has 2 rings (SSSR count). The number of H-pyrrole nitrogens is 1. The number of ether oxygens (including phenoxy) is 1. The Kier molecular flexibility index (Phi) is 5.60. The Labute approximate surface area is 138 Å². The third-order valence-corrected chi connectivity index (χ3v) is 4.44. The number of carbonyl (C=O) groups excluding carboxylic acids is 2. The van der Waals surface area contributed by atoms with Gasteiger partial charge in [-0.25, -0.2) is 9.18 Å². The molecule has 0 aliphatic carbocycles. The van der Waals surface area contributed by atoms with Gasteiger partial charge >= 0.3 is 5.97 Å². The second kappa shape index (κ2) is 7.46. The van der Waals surface area contributed by atoms with E-state index in [-0.39, 0.29) is 24.0 Å². The van der Waals surface area contributed by atoms with Crippen LogP contribution in [0.5, 0.6) is 0 Å². The predicted octanol–water partition coefficient (Wildman–Crippen LogP) is 3.92. The van der Waals surface area contributed by atoms with Crippen molar-refractivity contribution >= 4 is 23.5 Å². The van der Waals surface area contributed by atoms with Gasteiger partial charge in [0.15, 0.2) is 5.78 Å². The summed E-state index contributed by atoms with van der Waals surface area (Å²) in [6.07, 6.45) is 0. The molecule has 4 nitrogen and oxygen atoms in total. The summed E-state index contributed by atoms with van der Waals surface area (Å²) >= 11 is 1.13. The van der Waals surface area contributed by atoms with Crippen LogP contribution in [0, 0.1) is 19.7 Å². The molecule has 0 unspecified atom stereocenters. The first-order chi connectivity index (χ1) is 11.0. The quantitative estimate of drug-likeness (QED) is 0.494. The lowest BCUT2D eigenvalue weighted by atomic mass is 10.1. The lowest BCUT2D eigenvalue weighted by Crippen LogP contribution is -2.08. The molecular formula is C17H18FNO3S. The number of rotatable bonds is 6. The minimum atomic E-state index is -0.445. The first-order valence-corrected chi connectivity index (χ1v) is 8.21. The molecule has 23 heavy (non-hydrogen) atoms. The maximum Gasteiger partial charge on any atom is 0.340 e. The van der Waals surface area contributed by atoms with E-state index in [4.69, 9.17) is 4.74 Å². The molecule has 0 saturated carbocycles. The van der Waals surface area contributed by atoms with Gasteiger partial charge in [-0.1, -0.05) is 12.1 Å². The minimum Gasteiger partial charge on any atom is -0.462 e. The molecule has 0 fully saturated rings. The van der Waals surface area contributed by atoms with E-state index in [2.05, 4.69) is 4.98 Å². The number of hydrogen-bond donors (Lipinski definition) is 1. The second-order valence-corrected chi connectivity index (χ2v) is 6.00. The standard InChI is InChI=1S/C17H18FNO3S/c1-4-22-17(21)15-10(2)16(19-11(15)3)13(20)9-23-14-8-6-5-7-12(14)18/h5-8,19H,4,9H2,1-3H3. The van der Waals surface area contributed by atoms with Crippen LogP contribution in [0.3, 0.4) is 0 Å². The number of nitrogens with one attached hydrogen (secondary N) is 1. The number of aromatic nitrogens is 1. The molecule has 0 spiro atoms. The number of benzene rings is 1. The Balaban J connectivity index is 2.16. The van der Waals surface area contributed by atoms with Gasteiger partial charge in [0.25, 0.3) is 0 Å². The Morgan fingerprint density at radius 3 is 2.61 bits per heavy atom. The van der Waals surface area contributed by atoms with Crippen LogP contribution in [-0.2, 0) is 4.74 Å². The van der Waals surface area contributed by atoms with Crippen LogP contribution >= 0.6 is 11.8 Å². The van der Waals surface area contributed by atoms with Crippen molar-refractivity contribution < 1.29 is 18.7 Å². The summed E-state index contributed by atoms with van der Waals surface area (Å²) in [5.41, 5.74) is 1.93. The number of aromatic amines is 1.